The third kappa shape index (κ3) is 4.75. The van der Waals surface area contributed by atoms with Crippen molar-refractivity contribution < 1.29 is 18.0 Å². The van der Waals surface area contributed by atoms with Crippen LogP contribution in [0.1, 0.15) is 47.2 Å². The van der Waals surface area contributed by atoms with Gasteiger partial charge in [-0.15, -0.1) is 11.3 Å². The fourth-order valence-electron chi connectivity index (χ4n) is 3.14. The molecule has 144 valence electrons. The third-order valence-corrected chi connectivity index (χ3v) is 7.90. The van der Waals surface area contributed by atoms with Gasteiger partial charge in [-0.3, -0.25) is 9.59 Å². The highest BCUT2D eigenvalue weighted by atomic mass is 32.2. The Morgan fingerprint density at radius 2 is 1.89 bits per heavy atom. The topological polar surface area (TPSA) is 92.3 Å². The molecular formula is C19H22N2O4S2. The van der Waals surface area contributed by atoms with E-state index in [9.17, 15) is 18.0 Å². The molecule has 1 aromatic heterocycles. The number of amides is 2. The van der Waals surface area contributed by atoms with Gasteiger partial charge in [0.05, 0.1) is 21.6 Å². The van der Waals surface area contributed by atoms with Gasteiger partial charge in [-0.1, -0.05) is 18.9 Å². The van der Waals surface area contributed by atoms with Gasteiger partial charge in [-0.25, -0.2) is 8.42 Å². The van der Waals surface area contributed by atoms with Crippen LogP contribution in [0.15, 0.2) is 41.3 Å². The van der Waals surface area contributed by atoms with E-state index in [2.05, 4.69) is 10.6 Å². The molecule has 2 amide bonds. The molecule has 1 aromatic carbocycles. The number of sulfone groups is 1. The van der Waals surface area contributed by atoms with Crippen LogP contribution in [0, 0.1) is 0 Å². The van der Waals surface area contributed by atoms with Crippen LogP contribution in [0.5, 0.6) is 0 Å². The second-order valence-corrected chi connectivity index (χ2v) is 10.0. The average Bonchev–Trinajstić information content (AvgIpc) is 3.32. The molecule has 8 heteroatoms. The Kier molecular flexibility index (Phi) is 5.96. The van der Waals surface area contributed by atoms with Gasteiger partial charge < -0.3 is 10.6 Å². The summed E-state index contributed by atoms with van der Waals surface area (Å²) in [6, 6.07) is 9.91. The molecule has 0 spiro atoms. The predicted octanol–water partition coefficient (Wildman–Crippen LogP) is 3.35. The van der Waals surface area contributed by atoms with E-state index in [0.717, 1.165) is 17.7 Å². The molecule has 0 unspecified atom stereocenters. The molecule has 0 saturated heterocycles. The van der Waals surface area contributed by atoms with E-state index in [4.69, 9.17) is 0 Å². The van der Waals surface area contributed by atoms with E-state index in [0.29, 0.717) is 30.0 Å². The zero-order valence-electron chi connectivity index (χ0n) is 15.0. The predicted molar refractivity (Wildman–Crippen MR) is 106 cm³/mol. The molecular weight excluding hydrogens is 384 g/mol. The van der Waals surface area contributed by atoms with Crippen LogP contribution in [-0.4, -0.2) is 25.5 Å². The highest BCUT2D eigenvalue weighted by molar-refractivity contribution is 7.92. The maximum atomic E-state index is 12.7. The average molecular weight is 407 g/mol. The number of anilines is 1. The van der Waals surface area contributed by atoms with Gasteiger partial charge in [0.25, 0.3) is 5.91 Å². The Balaban J connectivity index is 1.71. The van der Waals surface area contributed by atoms with Gasteiger partial charge >= 0.3 is 0 Å². The van der Waals surface area contributed by atoms with Crippen molar-refractivity contribution in [3.05, 3.63) is 46.2 Å². The normalized spacial score (nSPS) is 14.9. The number of carbonyl (C=O) groups excluding carboxylic acids is 2. The zero-order valence-corrected chi connectivity index (χ0v) is 16.7. The van der Waals surface area contributed by atoms with Gasteiger partial charge in [0.1, 0.15) is 0 Å². The summed E-state index contributed by atoms with van der Waals surface area (Å²) in [7, 11) is -3.36. The second-order valence-electron chi connectivity index (χ2n) is 6.61. The fraction of sp³-hybridized carbons (Fsp3) is 0.368. The summed E-state index contributed by atoms with van der Waals surface area (Å²) in [6.07, 6.45) is 3.29. The molecule has 1 aliphatic carbocycles. The molecule has 0 aliphatic heterocycles. The maximum absolute atomic E-state index is 12.7. The summed E-state index contributed by atoms with van der Waals surface area (Å²) >= 11 is 1.29. The summed E-state index contributed by atoms with van der Waals surface area (Å²) in [6.45, 7) is 1.82. The highest BCUT2D eigenvalue weighted by Gasteiger charge is 2.30. The van der Waals surface area contributed by atoms with Crippen LogP contribution in [0.3, 0.4) is 0 Å². The molecule has 0 radical (unpaired) electrons. The van der Waals surface area contributed by atoms with Crippen molar-refractivity contribution in [3.8, 4) is 0 Å². The smallest absolute Gasteiger partial charge is 0.265 e. The first kappa shape index (κ1) is 19.6. The summed E-state index contributed by atoms with van der Waals surface area (Å²) in [5.41, 5.74) is 0.455. The van der Waals surface area contributed by atoms with Crippen LogP contribution < -0.4 is 10.6 Å². The first-order valence-electron chi connectivity index (χ1n) is 8.85. The van der Waals surface area contributed by atoms with Gasteiger partial charge in [-0.05, 0) is 43.2 Å². The van der Waals surface area contributed by atoms with Crippen molar-refractivity contribution in [2.45, 2.75) is 49.3 Å². The van der Waals surface area contributed by atoms with Gasteiger partial charge in [0, 0.05) is 17.5 Å². The Labute approximate surface area is 162 Å². The van der Waals surface area contributed by atoms with Crippen molar-refractivity contribution in [1.82, 2.24) is 5.32 Å². The lowest BCUT2D eigenvalue weighted by Crippen LogP contribution is -2.18. The van der Waals surface area contributed by atoms with E-state index < -0.39 is 9.84 Å². The highest BCUT2D eigenvalue weighted by Crippen LogP contribution is 2.30. The van der Waals surface area contributed by atoms with Crippen molar-refractivity contribution >= 4 is 38.7 Å². The number of nitrogens with one attached hydrogen (secondary N) is 2. The number of rotatable bonds is 6. The fourth-order valence-corrected chi connectivity index (χ4v) is 5.88. The molecule has 1 fully saturated rings. The summed E-state index contributed by atoms with van der Waals surface area (Å²) in [4.78, 5) is 25.0. The van der Waals surface area contributed by atoms with E-state index in [1.165, 1.54) is 24.3 Å². The van der Waals surface area contributed by atoms with Gasteiger partial charge in [-0.2, -0.15) is 0 Å². The van der Waals surface area contributed by atoms with Crippen molar-refractivity contribution in [1.29, 1.82) is 0 Å². The van der Waals surface area contributed by atoms with Crippen LogP contribution in [0.2, 0.25) is 0 Å². The Morgan fingerprint density at radius 3 is 2.59 bits per heavy atom. The molecule has 2 aromatic rings. The van der Waals surface area contributed by atoms with E-state index in [1.807, 2.05) is 0 Å². The first-order chi connectivity index (χ1) is 12.9. The Bertz CT molecular complexity index is 944. The minimum absolute atomic E-state index is 0.130. The van der Waals surface area contributed by atoms with Gasteiger partial charge in [0.15, 0.2) is 9.84 Å². The summed E-state index contributed by atoms with van der Waals surface area (Å²) in [5, 5.41) is 5.12. The number of carbonyl (C=O) groups is 2. The molecule has 27 heavy (non-hydrogen) atoms. The largest absolute Gasteiger partial charge is 0.351 e. The zero-order chi connectivity index (χ0) is 19.4. The lowest BCUT2D eigenvalue weighted by Gasteiger charge is -2.12. The Hall–Kier alpha value is -2.19. The molecule has 6 nitrogen and oxygen atoms in total. The minimum atomic E-state index is -3.36. The number of hydrogen-bond donors (Lipinski definition) is 2. The standard InChI is InChI=1S/C19H22N2O4S2/c1-13(22)20-12-15-9-10-18(26-15)19(23)21-14-5-4-8-17(11-14)27(24,25)16-6-2-3-7-16/h4-5,8-11,16H,2-3,6-7,12H2,1H3,(H,20,22)(H,21,23). The molecule has 1 aliphatic rings. The first-order valence-corrected chi connectivity index (χ1v) is 11.2. The van der Waals surface area contributed by atoms with E-state index >= 15 is 0 Å². The number of benzene rings is 1. The lowest BCUT2D eigenvalue weighted by molar-refractivity contribution is -0.119. The number of hydrogen-bond acceptors (Lipinski definition) is 5. The van der Waals surface area contributed by atoms with Crippen LogP contribution in [0.25, 0.3) is 0 Å². The molecule has 2 N–H and O–H groups in total. The monoisotopic (exact) mass is 406 g/mol. The molecule has 1 saturated carbocycles. The molecule has 3 rings (SSSR count). The van der Waals surface area contributed by atoms with Crippen LogP contribution in [-0.2, 0) is 21.2 Å². The minimum Gasteiger partial charge on any atom is -0.351 e. The second kappa shape index (κ2) is 8.22. The van der Waals surface area contributed by atoms with E-state index in [-0.39, 0.29) is 22.0 Å². The third-order valence-electron chi connectivity index (χ3n) is 4.56. The van der Waals surface area contributed by atoms with Crippen LogP contribution in [0.4, 0.5) is 5.69 Å². The van der Waals surface area contributed by atoms with Crippen molar-refractivity contribution in [2.75, 3.05) is 5.32 Å². The molecule has 1 heterocycles. The maximum Gasteiger partial charge on any atom is 0.265 e. The lowest BCUT2D eigenvalue weighted by atomic mass is 10.3. The summed E-state index contributed by atoms with van der Waals surface area (Å²) in [5.74, 6) is -0.431. The van der Waals surface area contributed by atoms with E-state index in [1.54, 1.807) is 30.3 Å². The van der Waals surface area contributed by atoms with Crippen molar-refractivity contribution in [3.63, 3.8) is 0 Å². The van der Waals surface area contributed by atoms with Crippen molar-refractivity contribution in [2.24, 2.45) is 0 Å². The Morgan fingerprint density at radius 1 is 1.15 bits per heavy atom. The summed E-state index contributed by atoms with van der Waals surface area (Å²) < 4.78 is 25.5. The number of thiophene rings is 1. The molecule has 0 atom stereocenters. The van der Waals surface area contributed by atoms with Crippen LogP contribution >= 0.6 is 11.3 Å². The molecule has 0 bridgehead atoms. The van der Waals surface area contributed by atoms with Gasteiger partial charge in [0.2, 0.25) is 5.91 Å². The quantitative estimate of drug-likeness (QED) is 0.769. The SMILES string of the molecule is CC(=O)NCc1ccc(C(=O)Nc2cccc(S(=O)(=O)C3CCCC3)c2)s1.